The molecule has 0 spiro atoms. The number of hydrogen-bond acceptors (Lipinski definition) is 1. The maximum Gasteiger partial charge on any atom is 0.104 e. The first-order valence-corrected chi connectivity index (χ1v) is 8.13. The molecule has 1 heteroatoms. The van der Waals surface area contributed by atoms with Crippen LogP contribution >= 0.6 is 0 Å². The van der Waals surface area contributed by atoms with Crippen LogP contribution in [0.4, 0.5) is 0 Å². The van der Waals surface area contributed by atoms with Crippen molar-refractivity contribution < 1.29 is 5.11 Å². The summed E-state index contributed by atoms with van der Waals surface area (Å²) < 4.78 is 0. The minimum Gasteiger partial charge on any atom is -0.384 e. The normalized spacial score (nSPS) is 10.1. The molecule has 0 aliphatic heterocycles. The topological polar surface area (TPSA) is 20.2 Å². The zero-order valence-electron chi connectivity index (χ0n) is 13.3. The van der Waals surface area contributed by atoms with E-state index in [2.05, 4.69) is 49.1 Å². The van der Waals surface area contributed by atoms with Crippen molar-refractivity contribution in [3.63, 3.8) is 0 Å². The van der Waals surface area contributed by atoms with Gasteiger partial charge in [-0.2, -0.15) is 0 Å². The fraction of sp³-hybridized carbons (Fsp3) is 0.333. The van der Waals surface area contributed by atoms with Gasteiger partial charge in [-0.25, -0.2) is 0 Å². The van der Waals surface area contributed by atoms with Gasteiger partial charge in [0.2, 0.25) is 0 Å². The molecule has 22 heavy (non-hydrogen) atoms. The van der Waals surface area contributed by atoms with Crippen molar-refractivity contribution >= 4 is 0 Å². The van der Waals surface area contributed by atoms with E-state index >= 15 is 0 Å². The maximum absolute atomic E-state index is 8.94. The molecule has 0 aromatic heterocycles. The van der Waals surface area contributed by atoms with E-state index in [0.29, 0.717) is 0 Å². The molecular weight excluding hydrogens is 268 g/mol. The molecule has 0 bridgehead atoms. The van der Waals surface area contributed by atoms with E-state index < -0.39 is 0 Å². The Kier molecular flexibility index (Phi) is 6.74. The second-order valence-electron chi connectivity index (χ2n) is 5.52. The average molecular weight is 292 g/mol. The SMILES string of the molecule is CCCCCCc1ccc(C#CCO)c(-c2ccccc2)c1. The molecule has 114 valence electrons. The van der Waals surface area contributed by atoms with Crippen LogP contribution in [0.1, 0.15) is 43.7 Å². The fourth-order valence-electron chi connectivity index (χ4n) is 2.60. The summed E-state index contributed by atoms with van der Waals surface area (Å²) in [5, 5.41) is 8.94. The largest absolute Gasteiger partial charge is 0.384 e. The summed E-state index contributed by atoms with van der Waals surface area (Å²) in [6, 6.07) is 16.8. The number of aliphatic hydroxyl groups is 1. The lowest BCUT2D eigenvalue weighted by molar-refractivity contribution is 0.350. The maximum atomic E-state index is 8.94. The summed E-state index contributed by atoms with van der Waals surface area (Å²) >= 11 is 0. The quantitative estimate of drug-likeness (QED) is 0.598. The number of aryl methyl sites for hydroxylation is 1. The third kappa shape index (κ3) is 4.76. The molecule has 0 aliphatic rings. The molecule has 0 atom stereocenters. The molecule has 0 saturated heterocycles. The molecule has 0 unspecified atom stereocenters. The summed E-state index contributed by atoms with van der Waals surface area (Å²) in [7, 11) is 0. The van der Waals surface area contributed by atoms with Crippen molar-refractivity contribution in [2.24, 2.45) is 0 Å². The molecule has 0 fully saturated rings. The zero-order chi connectivity index (χ0) is 15.6. The van der Waals surface area contributed by atoms with Gasteiger partial charge in [0, 0.05) is 5.56 Å². The van der Waals surface area contributed by atoms with Gasteiger partial charge in [0.1, 0.15) is 6.61 Å². The van der Waals surface area contributed by atoms with Crippen LogP contribution in [-0.2, 0) is 6.42 Å². The van der Waals surface area contributed by atoms with Crippen LogP contribution in [0.25, 0.3) is 11.1 Å². The van der Waals surface area contributed by atoms with Crippen molar-refractivity contribution in [1.29, 1.82) is 0 Å². The van der Waals surface area contributed by atoms with E-state index in [0.717, 1.165) is 17.5 Å². The van der Waals surface area contributed by atoms with Gasteiger partial charge in [0.25, 0.3) is 0 Å². The first kappa shape index (κ1) is 16.3. The minimum atomic E-state index is -0.104. The Morgan fingerprint density at radius 1 is 0.955 bits per heavy atom. The molecule has 2 aromatic carbocycles. The summed E-state index contributed by atoms with van der Waals surface area (Å²) in [6.07, 6.45) is 6.23. The molecule has 0 saturated carbocycles. The predicted octanol–water partition coefficient (Wildman–Crippen LogP) is 4.82. The van der Waals surface area contributed by atoms with Crippen LogP contribution in [0.3, 0.4) is 0 Å². The number of hydrogen-bond donors (Lipinski definition) is 1. The number of benzene rings is 2. The third-order valence-corrected chi connectivity index (χ3v) is 3.79. The second-order valence-corrected chi connectivity index (χ2v) is 5.52. The molecule has 0 amide bonds. The fourth-order valence-corrected chi connectivity index (χ4v) is 2.60. The minimum absolute atomic E-state index is 0.104. The Hall–Kier alpha value is -2.04. The third-order valence-electron chi connectivity index (χ3n) is 3.79. The number of rotatable bonds is 6. The Morgan fingerprint density at radius 2 is 1.77 bits per heavy atom. The lowest BCUT2D eigenvalue weighted by Crippen LogP contribution is -1.91. The molecule has 0 radical (unpaired) electrons. The lowest BCUT2D eigenvalue weighted by Gasteiger charge is -2.09. The summed E-state index contributed by atoms with van der Waals surface area (Å²) in [6.45, 7) is 2.13. The zero-order valence-corrected chi connectivity index (χ0v) is 13.3. The van der Waals surface area contributed by atoms with Crippen molar-refractivity contribution in [1.82, 2.24) is 0 Å². The first-order chi connectivity index (χ1) is 10.8. The van der Waals surface area contributed by atoms with Gasteiger partial charge in [-0.05, 0) is 41.7 Å². The summed E-state index contributed by atoms with van der Waals surface area (Å²) in [5.41, 5.74) is 4.69. The smallest absolute Gasteiger partial charge is 0.104 e. The molecule has 1 N–H and O–H groups in total. The molecule has 1 nitrogen and oxygen atoms in total. The van der Waals surface area contributed by atoms with E-state index in [4.69, 9.17) is 5.11 Å². The second kappa shape index (κ2) is 9.07. The van der Waals surface area contributed by atoms with Gasteiger partial charge in [0.05, 0.1) is 0 Å². The van der Waals surface area contributed by atoms with Crippen LogP contribution in [-0.4, -0.2) is 11.7 Å². The highest BCUT2D eigenvalue weighted by Gasteiger charge is 2.05. The van der Waals surface area contributed by atoms with Gasteiger partial charge in [-0.3, -0.25) is 0 Å². The van der Waals surface area contributed by atoms with E-state index in [-0.39, 0.29) is 6.61 Å². The van der Waals surface area contributed by atoms with Gasteiger partial charge in [-0.1, -0.05) is 74.4 Å². The molecule has 2 rings (SSSR count). The van der Waals surface area contributed by atoms with Gasteiger partial charge in [-0.15, -0.1) is 0 Å². The molecular formula is C21H24O. The molecule has 2 aromatic rings. The monoisotopic (exact) mass is 292 g/mol. The molecule has 0 aliphatic carbocycles. The van der Waals surface area contributed by atoms with Crippen molar-refractivity contribution in [2.75, 3.05) is 6.61 Å². The van der Waals surface area contributed by atoms with E-state index in [1.54, 1.807) is 0 Å². The van der Waals surface area contributed by atoms with Crippen LogP contribution in [0, 0.1) is 11.8 Å². The number of aliphatic hydroxyl groups excluding tert-OH is 1. The Labute approximate surface area is 134 Å². The highest BCUT2D eigenvalue weighted by molar-refractivity contribution is 5.71. The summed E-state index contributed by atoms with van der Waals surface area (Å²) in [5.74, 6) is 5.82. The standard InChI is InChI=1S/C21H24O/c1-2-3-4-6-10-18-14-15-20(13-9-16-22)21(17-18)19-11-7-5-8-12-19/h5,7-8,11-12,14-15,17,22H,2-4,6,10,16H2,1H3. The van der Waals surface area contributed by atoms with Crippen molar-refractivity contribution in [3.05, 3.63) is 59.7 Å². The first-order valence-electron chi connectivity index (χ1n) is 8.13. The van der Waals surface area contributed by atoms with Crippen LogP contribution in [0.5, 0.6) is 0 Å². The highest BCUT2D eigenvalue weighted by atomic mass is 16.2. The van der Waals surface area contributed by atoms with Gasteiger partial charge < -0.3 is 5.11 Å². The Morgan fingerprint density at radius 3 is 2.50 bits per heavy atom. The van der Waals surface area contributed by atoms with Gasteiger partial charge in [0.15, 0.2) is 0 Å². The predicted molar refractivity (Wildman–Crippen MR) is 93.7 cm³/mol. The van der Waals surface area contributed by atoms with Crippen LogP contribution in [0.2, 0.25) is 0 Å². The van der Waals surface area contributed by atoms with E-state index in [9.17, 15) is 0 Å². The van der Waals surface area contributed by atoms with Crippen molar-refractivity contribution in [3.8, 4) is 23.0 Å². The lowest BCUT2D eigenvalue weighted by atomic mass is 9.95. The Bertz CT molecular complexity index is 632. The highest BCUT2D eigenvalue weighted by Crippen LogP contribution is 2.25. The van der Waals surface area contributed by atoms with E-state index in [1.165, 1.54) is 36.8 Å². The van der Waals surface area contributed by atoms with Crippen LogP contribution in [0.15, 0.2) is 48.5 Å². The van der Waals surface area contributed by atoms with Gasteiger partial charge >= 0.3 is 0 Å². The van der Waals surface area contributed by atoms with Crippen molar-refractivity contribution in [2.45, 2.75) is 39.0 Å². The Balaban J connectivity index is 2.25. The van der Waals surface area contributed by atoms with Crippen LogP contribution < -0.4 is 0 Å². The average Bonchev–Trinajstić information content (AvgIpc) is 2.58. The summed E-state index contributed by atoms with van der Waals surface area (Å²) in [4.78, 5) is 0. The molecule has 0 heterocycles. The number of unbranched alkanes of at least 4 members (excludes halogenated alkanes) is 3. The van der Waals surface area contributed by atoms with E-state index in [1.807, 2.05) is 18.2 Å².